The first-order valence-electron chi connectivity index (χ1n) is 8.27. The molecule has 2 aromatic carbocycles. The quantitative estimate of drug-likeness (QED) is 0.393. The average Bonchev–Trinajstić information content (AvgIpc) is 3.25. The predicted octanol–water partition coefficient (Wildman–Crippen LogP) is 3.03. The first kappa shape index (κ1) is 20.4. The van der Waals surface area contributed by atoms with Gasteiger partial charge in [0.1, 0.15) is 4.21 Å². The molecule has 0 fully saturated rings. The molecule has 29 heavy (non-hydrogen) atoms. The zero-order valence-electron chi connectivity index (χ0n) is 15.2. The van der Waals surface area contributed by atoms with Crippen molar-refractivity contribution in [3.8, 4) is 11.5 Å². The summed E-state index contributed by atoms with van der Waals surface area (Å²) in [5.74, 6) is -0.459. The van der Waals surface area contributed by atoms with Crippen LogP contribution in [0, 0.1) is 0 Å². The summed E-state index contributed by atoms with van der Waals surface area (Å²) in [4.78, 5) is 12.5. The molecule has 3 rings (SSSR count). The van der Waals surface area contributed by atoms with Crippen molar-refractivity contribution < 1.29 is 23.1 Å². The Kier molecular flexibility index (Phi) is 6.15. The van der Waals surface area contributed by atoms with E-state index in [1.807, 2.05) is 0 Å². The minimum atomic E-state index is -3.80. The van der Waals surface area contributed by atoms with Crippen molar-refractivity contribution in [3.63, 3.8) is 0 Å². The summed E-state index contributed by atoms with van der Waals surface area (Å²) in [5, 5.41) is 15.5. The highest BCUT2D eigenvalue weighted by atomic mass is 32.2. The van der Waals surface area contributed by atoms with Gasteiger partial charge in [0.05, 0.1) is 24.6 Å². The number of nitrogens with one attached hydrogen (secondary N) is 2. The highest BCUT2D eigenvalue weighted by Gasteiger charge is 2.19. The molecule has 1 amide bonds. The fourth-order valence-corrected chi connectivity index (χ4v) is 4.48. The standard InChI is InChI=1S/C19H17N3O5S2/c1-27-16-9-4-6-13(18(16)23)12-20-21-19(24)14-7-2-3-8-15(14)22-29(25,26)17-10-5-11-28-17/h2-12,22-23H,1H3,(H,21,24). The van der Waals surface area contributed by atoms with Crippen molar-refractivity contribution in [3.05, 3.63) is 71.1 Å². The Hall–Kier alpha value is -3.37. The lowest BCUT2D eigenvalue weighted by Gasteiger charge is -2.10. The molecule has 1 aromatic heterocycles. The van der Waals surface area contributed by atoms with Crippen LogP contribution in [0.2, 0.25) is 0 Å². The van der Waals surface area contributed by atoms with Crippen LogP contribution in [-0.4, -0.2) is 32.8 Å². The third kappa shape index (κ3) is 4.73. The third-order valence-corrected chi connectivity index (χ3v) is 6.56. The smallest absolute Gasteiger partial charge is 0.273 e. The molecule has 10 heteroatoms. The van der Waals surface area contributed by atoms with Gasteiger partial charge in [-0.2, -0.15) is 5.10 Å². The lowest BCUT2D eigenvalue weighted by Crippen LogP contribution is -2.21. The van der Waals surface area contributed by atoms with Crippen LogP contribution in [0.25, 0.3) is 0 Å². The normalized spacial score (nSPS) is 11.3. The fourth-order valence-electron chi connectivity index (χ4n) is 2.41. The Balaban J connectivity index is 1.77. The molecule has 0 radical (unpaired) electrons. The highest BCUT2D eigenvalue weighted by molar-refractivity contribution is 7.94. The van der Waals surface area contributed by atoms with E-state index < -0.39 is 15.9 Å². The summed E-state index contributed by atoms with van der Waals surface area (Å²) in [6.07, 6.45) is 1.26. The maximum Gasteiger partial charge on any atom is 0.273 e. The molecule has 0 saturated carbocycles. The number of hydrogen-bond acceptors (Lipinski definition) is 7. The molecule has 3 aromatic rings. The number of thiophene rings is 1. The lowest BCUT2D eigenvalue weighted by molar-refractivity contribution is 0.0956. The first-order chi connectivity index (χ1) is 13.9. The van der Waals surface area contributed by atoms with Crippen LogP contribution in [0.15, 0.2) is 69.3 Å². The minimum Gasteiger partial charge on any atom is -0.504 e. The molecule has 1 heterocycles. The number of ether oxygens (including phenoxy) is 1. The van der Waals surface area contributed by atoms with Crippen molar-refractivity contribution in [2.75, 3.05) is 11.8 Å². The number of benzene rings is 2. The van der Waals surface area contributed by atoms with Crippen molar-refractivity contribution in [2.45, 2.75) is 4.21 Å². The van der Waals surface area contributed by atoms with E-state index in [4.69, 9.17) is 4.74 Å². The number of amides is 1. The van der Waals surface area contributed by atoms with Crippen molar-refractivity contribution >= 4 is 39.2 Å². The zero-order chi connectivity index (χ0) is 20.9. The molecule has 0 spiro atoms. The SMILES string of the molecule is COc1cccc(C=NNC(=O)c2ccccc2NS(=O)(=O)c2cccs2)c1O. The largest absolute Gasteiger partial charge is 0.504 e. The number of carbonyl (C=O) groups is 1. The van der Waals surface area contributed by atoms with E-state index >= 15 is 0 Å². The Morgan fingerprint density at radius 1 is 1.14 bits per heavy atom. The van der Waals surface area contributed by atoms with E-state index in [1.54, 1.807) is 41.8 Å². The van der Waals surface area contributed by atoms with Gasteiger partial charge in [-0.25, -0.2) is 13.8 Å². The number of hydrogen-bond donors (Lipinski definition) is 3. The van der Waals surface area contributed by atoms with E-state index in [0.717, 1.165) is 11.3 Å². The monoisotopic (exact) mass is 431 g/mol. The van der Waals surface area contributed by atoms with Crippen molar-refractivity contribution in [2.24, 2.45) is 5.10 Å². The molecule has 0 unspecified atom stereocenters. The number of phenols is 1. The summed E-state index contributed by atoms with van der Waals surface area (Å²) < 4.78 is 32.4. The van der Waals surface area contributed by atoms with Crippen LogP contribution in [0.5, 0.6) is 11.5 Å². The van der Waals surface area contributed by atoms with E-state index in [-0.39, 0.29) is 27.0 Å². The van der Waals surface area contributed by atoms with Crippen LogP contribution < -0.4 is 14.9 Å². The zero-order valence-corrected chi connectivity index (χ0v) is 16.8. The molecule has 0 atom stereocenters. The number of nitrogens with zero attached hydrogens (tertiary/aromatic N) is 1. The number of hydrazone groups is 1. The second-order valence-corrected chi connectivity index (χ2v) is 8.54. The third-order valence-electron chi connectivity index (χ3n) is 3.80. The first-order valence-corrected chi connectivity index (χ1v) is 10.6. The number of phenolic OH excluding ortho intramolecular Hbond substituents is 1. The van der Waals surface area contributed by atoms with Crippen LogP contribution in [0.1, 0.15) is 15.9 Å². The molecule has 0 aliphatic heterocycles. The summed E-state index contributed by atoms with van der Waals surface area (Å²) in [5.41, 5.74) is 2.88. The van der Waals surface area contributed by atoms with Crippen molar-refractivity contribution in [1.29, 1.82) is 0 Å². The van der Waals surface area contributed by atoms with Gasteiger partial charge in [0, 0.05) is 5.56 Å². The minimum absolute atomic E-state index is 0.0969. The number of aromatic hydroxyl groups is 1. The molecular weight excluding hydrogens is 414 g/mol. The van der Waals surface area contributed by atoms with E-state index in [9.17, 15) is 18.3 Å². The number of sulfonamides is 1. The van der Waals surface area contributed by atoms with E-state index in [1.165, 1.54) is 31.5 Å². The number of para-hydroxylation sites is 2. The molecule has 3 N–H and O–H groups in total. The summed E-state index contributed by atoms with van der Waals surface area (Å²) in [6, 6.07) is 14.1. The topological polar surface area (TPSA) is 117 Å². The number of anilines is 1. The van der Waals surface area contributed by atoms with Crippen LogP contribution in [0.4, 0.5) is 5.69 Å². The second kappa shape index (κ2) is 8.76. The molecule has 0 aliphatic rings. The summed E-state index contributed by atoms with van der Waals surface area (Å²) in [6.45, 7) is 0. The van der Waals surface area contributed by atoms with Gasteiger partial charge in [-0.1, -0.05) is 24.3 Å². The highest BCUT2D eigenvalue weighted by Crippen LogP contribution is 2.28. The van der Waals surface area contributed by atoms with Crippen LogP contribution in [-0.2, 0) is 10.0 Å². The molecule has 0 aliphatic carbocycles. The van der Waals surface area contributed by atoms with Crippen LogP contribution >= 0.6 is 11.3 Å². The van der Waals surface area contributed by atoms with E-state index in [0.29, 0.717) is 5.56 Å². The Labute approximate surface area is 171 Å². The van der Waals surface area contributed by atoms with Gasteiger partial charge >= 0.3 is 0 Å². The maximum absolute atomic E-state index is 12.5. The lowest BCUT2D eigenvalue weighted by atomic mass is 10.2. The summed E-state index contributed by atoms with van der Waals surface area (Å²) in [7, 11) is -2.38. The summed E-state index contributed by atoms with van der Waals surface area (Å²) >= 11 is 1.07. The molecule has 150 valence electrons. The molecule has 0 bridgehead atoms. The number of methoxy groups -OCH3 is 1. The molecule has 0 saturated heterocycles. The predicted molar refractivity (Wildman–Crippen MR) is 111 cm³/mol. The number of rotatable bonds is 7. The van der Waals surface area contributed by atoms with Gasteiger partial charge in [0.15, 0.2) is 11.5 Å². The second-order valence-electron chi connectivity index (χ2n) is 5.68. The average molecular weight is 431 g/mol. The van der Waals surface area contributed by atoms with Gasteiger partial charge in [0.25, 0.3) is 15.9 Å². The van der Waals surface area contributed by atoms with Gasteiger partial charge in [-0.3, -0.25) is 9.52 Å². The molecule has 8 nitrogen and oxygen atoms in total. The van der Waals surface area contributed by atoms with Gasteiger partial charge in [-0.05, 0) is 35.7 Å². The molecular formula is C19H17N3O5S2. The Bertz CT molecular complexity index is 1140. The Morgan fingerprint density at radius 2 is 1.93 bits per heavy atom. The maximum atomic E-state index is 12.5. The van der Waals surface area contributed by atoms with Gasteiger partial charge in [-0.15, -0.1) is 11.3 Å². The van der Waals surface area contributed by atoms with Crippen molar-refractivity contribution in [1.82, 2.24) is 5.43 Å². The number of carbonyl (C=O) groups excluding carboxylic acids is 1. The Morgan fingerprint density at radius 3 is 2.66 bits per heavy atom. The van der Waals surface area contributed by atoms with Gasteiger partial charge in [0.2, 0.25) is 0 Å². The van der Waals surface area contributed by atoms with Gasteiger partial charge < -0.3 is 9.84 Å². The van der Waals surface area contributed by atoms with Crippen LogP contribution in [0.3, 0.4) is 0 Å². The van der Waals surface area contributed by atoms with E-state index in [2.05, 4.69) is 15.2 Å². The fraction of sp³-hybridized carbons (Fsp3) is 0.0526.